The predicted octanol–water partition coefficient (Wildman–Crippen LogP) is 12.0. The lowest BCUT2D eigenvalue weighted by Crippen LogP contribution is -1.91. The van der Waals surface area contributed by atoms with Gasteiger partial charge in [-0.2, -0.15) is 0 Å². The maximum atomic E-state index is 9.35. The summed E-state index contributed by atoms with van der Waals surface area (Å²) in [6, 6.07) is 20.5. The molecular weight excluding hydrogens is 520 g/mol. The van der Waals surface area contributed by atoms with Crippen LogP contribution in [0.1, 0.15) is 16.4 Å². The Kier molecular flexibility index (Phi) is 3.29. The van der Waals surface area contributed by atoms with Crippen LogP contribution in [0.4, 0.5) is 0 Å². The van der Waals surface area contributed by atoms with Crippen molar-refractivity contribution >= 4 is 54.3 Å². The third-order valence-electron chi connectivity index (χ3n) is 8.04. The van der Waals surface area contributed by atoms with Gasteiger partial charge in [0.05, 0.1) is 16.4 Å². The lowest BCUT2D eigenvalue weighted by Gasteiger charge is -2.18. The first-order valence-electron chi connectivity index (χ1n) is 19.8. The average Bonchev–Trinajstić information content (AvgIpc) is 3.61. The predicted molar refractivity (Wildman–Crippen MR) is 183 cm³/mol. The van der Waals surface area contributed by atoms with Gasteiger partial charge in [-0.25, -0.2) is 0 Å². The Morgan fingerprint density at radius 3 is 1.77 bits per heavy atom. The zero-order valence-corrected chi connectivity index (χ0v) is 22.5. The van der Waals surface area contributed by atoms with E-state index in [-0.39, 0.29) is 60.8 Å². The van der Waals surface area contributed by atoms with Crippen molar-refractivity contribution in [3.8, 4) is 33.4 Å². The Labute approximate surface area is 266 Å². The van der Waals surface area contributed by atoms with Gasteiger partial charge in [0, 0.05) is 21.9 Å². The Balaban J connectivity index is 1.52. The highest BCUT2D eigenvalue weighted by Crippen LogP contribution is 2.46. The molecule has 8 aromatic carbocycles. The van der Waals surface area contributed by atoms with Gasteiger partial charge in [0.25, 0.3) is 0 Å². The molecular formula is C42H26O. The van der Waals surface area contributed by atoms with Gasteiger partial charge < -0.3 is 4.42 Å². The van der Waals surface area contributed by atoms with E-state index in [4.69, 9.17) is 15.4 Å². The zero-order valence-electron chi connectivity index (χ0n) is 34.5. The van der Waals surface area contributed by atoms with Crippen LogP contribution in [0, 0.1) is 0 Å². The fraction of sp³-hybridized carbons (Fsp3) is 0. The molecule has 9 aromatic rings. The molecule has 200 valence electrons. The van der Waals surface area contributed by atoms with E-state index in [1.165, 1.54) is 0 Å². The van der Waals surface area contributed by atoms with E-state index in [0.29, 0.717) is 10.9 Å². The SMILES string of the molecule is [2H]c1c([2H])c([2H])c2c(oc3c(-c4c5c([2H])c([2H])c([2H])c([2H])c5c(-c5cccc(-c6cccc7ccccc67)c5)c5c([2H])c([2H])c([2H])c([2H])c45)cccc32)c1[2H]. The molecule has 9 rings (SSSR count). The minimum atomic E-state index is -0.550. The second kappa shape index (κ2) is 9.44. The molecule has 0 N–H and O–H groups in total. The van der Waals surface area contributed by atoms with Crippen molar-refractivity contribution in [1.29, 1.82) is 0 Å². The summed E-state index contributed by atoms with van der Waals surface area (Å²) < 4.78 is 113. The van der Waals surface area contributed by atoms with E-state index in [9.17, 15) is 5.48 Å². The molecule has 0 saturated carbocycles. The average molecular weight is 559 g/mol. The van der Waals surface area contributed by atoms with E-state index < -0.39 is 66.5 Å². The molecule has 0 bridgehead atoms. The summed E-state index contributed by atoms with van der Waals surface area (Å²) in [6.07, 6.45) is 0. The second-order valence-corrected chi connectivity index (χ2v) is 10.3. The van der Waals surface area contributed by atoms with Crippen molar-refractivity contribution in [2.45, 2.75) is 0 Å². The number of hydrogen-bond donors (Lipinski definition) is 0. The molecule has 0 aliphatic rings. The molecule has 1 nitrogen and oxygen atoms in total. The van der Waals surface area contributed by atoms with Crippen LogP contribution in [0.5, 0.6) is 0 Å². The van der Waals surface area contributed by atoms with Crippen LogP contribution in [0.3, 0.4) is 0 Å². The van der Waals surface area contributed by atoms with E-state index in [2.05, 4.69) is 0 Å². The van der Waals surface area contributed by atoms with Gasteiger partial charge in [-0.05, 0) is 66.7 Å². The van der Waals surface area contributed by atoms with Gasteiger partial charge >= 0.3 is 0 Å². The van der Waals surface area contributed by atoms with Crippen molar-refractivity contribution in [3.63, 3.8) is 0 Å². The summed E-state index contributed by atoms with van der Waals surface area (Å²) in [4.78, 5) is 0. The number of para-hydroxylation sites is 2. The summed E-state index contributed by atoms with van der Waals surface area (Å²) >= 11 is 0. The van der Waals surface area contributed by atoms with Crippen LogP contribution in [0.25, 0.3) is 87.6 Å². The monoisotopic (exact) mass is 558 g/mol. The van der Waals surface area contributed by atoms with Crippen LogP contribution >= 0.6 is 0 Å². The minimum absolute atomic E-state index is 0.0124. The molecule has 1 aromatic heterocycles. The number of rotatable bonds is 3. The van der Waals surface area contributed by atoms with E-state index in [0.717, 1.165) is 21.9 Å². The van der Waals surface area contributed by atoms with Crippen molar-refractivity contribution in [3.05, 3.63) is 157 Å². The summed E-state index contributed by atoms with van der Waals surface area (Å²) in [5.74, 6) is 0. The van der Waals surface area contributed by atoms with E-state index in [1.54, 1.807) is 24.3 Å². The molecule has 43 heavy (non-hydrogen) atoms. The fourth-order valence-corrected chi connectivity index (χ4v) is 6.21. The van der Waals surface area contributed by atoms with Gasteiger partial charge in [0.1, 0.15) is 11.2 Å². The second-order valence-electron chi connectivity index (χ2n) is 10.3. The Morgan fingerprint density at radius 1 is 0.419 bits per heavy atom. The van der Waals surface area contributed by atoms with Crippen molar-refractivity contribution in [2.75, 3.05) is 0 Å². The smallest absolute Gasteiger partial charge is 0.143 e. The van der Waals surface area contributed by atoms with Crippen LogP contribution in [-0.2, 0) is 0 Å². The largest absolute Gasteiger partial charge is 0.455 e. The van der Waals surface area contributed by atoms with Crippen LogP contribution in [0.15, 0.2) is 162 Å². The van der Waals surface area contributed by atoms with Crippen LogP contribution < -0.4 is 0 Å². The molecule has 0 spiro atoms. The number of hydrogen-bond acceptors (Lipinski definition) is 1. The summed E-state index contributed by atoms with van der Waals surface area (Å²) in [5.41, 5.74) is 2.54. The highest BCUT2D eigenvalue weighted by Gasteiger charge is 2.20. The molecule has 0 radical (unpaired) electrons. The lowest BCUT2D eigenvalue weighted by atomic mass is 9.85. The molecule has 1 heterocycles. The molecule has 0 atom stereocenters. The quantitative estimate of drug-likeness (QED) is 0.197. The van der Waals surface area contributed by atoms with Gasteiger partial charge in [0.15, 0.2) is 0 Å². The molecule has 0 amide bonds. The number of benzene rings is 8. The molecule has 0 fully saturated rings. The van der Waals surface area contributed by atoms with E-state index >= 15 is 0 Å². The molecule has 1 heteroatoms. The number of fused-ring (bicyclic) bond motifs is 6. The fourth-order valence-electron chi connectivity index (χ4n) is 6.21. The van der Waals surface area contributed by atoms with Crippen molar-refractivity contribution in [2.24, 2.45) is 0 Å². The first-order valence-corrected chi connectivity index (χ1v) is 13.8. The summed E-state index contributed by atoms with van der Waals surface area (Å²) in [7, 11) is 0. The minimum Gasteiger partial charge on any atom is -0.455 e. The summed E-state index contributed by atoms with van der Waals surface area (Å²) in [5, 5.41) is 2.45. The Hall–Kier alpha value is -5.66. The van der Waals surface area contributed by atoms with Crippen LogP contribution in [-0.4, -0.2) is 0 Å². The maximum Gasteiger partial charge on any atom is 0.143 e. The topological polar surface area (TPSA) is 13.1 Å². The molecule has 0 aliphatic heterocycles. The standard InChI is InChI=1S/C42H26O/c1-2-16-30-27(12-1)13-10-22-31(30)28-14-9-15-29(26-28)40-33-18-3-5-20-35(33)41(36-21-6-4-19-34(36)40)38-24-11-23-37-32-17-7-8-25-39(32)43-42(37)38/h1-26H/i3D,4D,5D,6D,7D,8D,17D,18D,19D,20D,21D,25D. The van der Waals surface area contributed by atoms with Gasteiger partial charge in [-0.3, -0.25) is 0 Å². The van der Waals surface area contributed by atoms with Crippen molar-refractivity contribution < 1.29 is 20.9 Å². The molecule has 0 unspecified atom stereocenters. The first-order chi connectivity index (χ1) is 26.3. The lowest BCUT2D eigenvalue weighted by molar-refractivity contribution is 0.670. The third kappa shape index (κ3) is 3.65. The Bertz CT molecular complexity index is 3100. The normalized spacial score (nSPS) is 15.6. The zero-order chi connectivity index (χ0) is 38.8. The highest BCUT2D eigenvalue weighted by molar-refractivity contribution is 6.24. The number of furan rings is 1. The maximum absolute atomic E-state index is 9.35. The van der Waals surface area contributed by atoms with Gasteiger partial charge in [-0.15, -0.1) is 0 Å². The summed E-state index contributed by atoms with van der Waals surface area (Å²) in [6.45, 7) is 0. The van der Waals surface area contributed by atoms with Gasteiger partial charge in [-0.1, -0.05) is 145 Å². The van der Waals surface area contributed by atoms with Gasteiger partial charge in [0.2, 0.25) is 0 Å². The third-order valence-corrected chi connectivity index (χ3v) is 8.04. The molecule has 0 saturated heterocycles. The van der Waals surface area contributed by atoms with Crippen LogP contribution in [0.2, 0.25) is 0 Å². The highest BCUT2D eigenvalue weighted by atomic mass is 16.3. The van der Waals surface area contributed by atoms with Crippen molar-refractivity contribution in [1.82, 2.24) is 0 Å². The Morgan fingerprint density at radius 2 is 0.977 bits per heavy atom. The molecule has 0 aliphatic carbocycles. The first kappa shape index (κ1) is 15.0. The van der Waals surface area contributed by atoms with E-state index in [1.807, 2.05) is 60.7 Å².